The topological polar surface area (TPSA) is 102 Å². The van der Waals surface area contributed by atoms with Crippen LogP contribution in [0.3, 0.4) is 0 Å². The molecule has 1 aliphatic heterocycles. The molecular formula is C31H27N3O5S. The molecule has 1 unspecified atom stereocenters. The van der Waals surface area contributed by atoms with Gasteiger partial charge >= 0.3 is 5.91 Å². The lowest BCUT2D eigenvalue weighted by molar-refractivity contribution is -0.132. The molecule has 40 heavy (non-hydrogen) atoms. The van der Waals surface area contributed by atoms with Gasteiger partial charge in [-0.2, -0.15) is 0 Å². The van der Waals surface area contributed by atoms with Crippen molar-refractivity contribution in [2.75, 3.05) is 11.5 Å². The van der Waals surface area contributed by atoms with Gasteiger partial charge < -0.3 is 14.6 Å². The quantitative estimate of drug-likeness (QED) is 0.119. The van der Waals surface area contributed by atoms with Crippen LogP contribution < -0.4 is 14.4 Å². The molecule has 1 fully saturated rings. The average Bonchev–Trinajstić information content (AvgIpc) is 3.51. The van der Waals surface area contributed by atoms with Gasteiger partial charge in [-0.05, 0) is 66.9 Å². The molecule has 5 rings (SSSR count). The summed E-state index contributed by atoms with van der Waals surface area (Å²) >= 11 is 1.19. The number of aromatic nitrogens is 2. The van der Waals surface area contributed by atoms with E-state index in [1.807, 2.05) is 31.2 Å². The van der Waals surface area contributed by atoms with Crippen LogP contribution in [0, 0.1) is 13.8 Å². The number of carbonyl (C=O) groups excluding carboxylic acids is 2. The third-order valence-corrected chi connectivity index (χ3v) is 7.35. The monoisotopic (exact) mass is 553 g/mol. The van der Waals surface area contributed by atoms with E-state index in [1.165, 1.54) is 16.2 Å². The molecule has 0 saturated carbocycles. The SMILES string of the molecule is C=CCOc1ccc(C2/C(=C(\O)c3ccc(OCc4ccccc4C)cc3)C(=O)C(=O)N2c2nnc(C)s2)cc1. The number of amides is 1. The molecule has 8 nitrogen and oxygen atoms in total. The number of rotatable bonds is 9. The van der Waals surface area contributed by atoms with Crippen LogP contribution in [0.4, 0.5) is 5.13 Å². The maximum absolute atomic E-state index is 13.3. The van der Waals surface area contributed by atoms with E-state index in [0.29, 0.717) is 40.8 Å². The minimum absolute atomic E-state index is 0.0359. The Hall–Kier alpha value is -4.76. The number of benzene rings is 3. The minimum Gasteiger partial charge on any atom is -0.507 e. The zero-order chi connectivity index (χ0) is 28.2. The fourth-order valence-electron chi connectivity index (χ4n) is 4.43. The van der Waals surface area contributed by atoms with Crippen molar-refractivity contribution in [1.82, 2.24) is 10.2 Å². The van der Waals surface area contributed by atoms with E-state index in [2.05, 4.69) is 16.8 Å². The molecule has 1 N–H and O–H groups in total. The predicted molar refractivity (Wildman–Crippen MR) is 154 cm³/mol. The Balaban J connectivity index is 1.49. The molecule has 0 bridgehead atoms. The molecule has 1 aromatic heterocycles. The van der Waals surface area contributed by atoms with Gasteiger partial charge in [-0.3, -0.25) is 14.5 Å². The van der Waals surface area contributed by atoms with Gasteiger partial charge in [0.05, 0.1) is 11.6 Å². The van der Waals surface area contributed by atoms with Crippen LogP contribution >= 0.6 is 11.3 Å². The number of ketones is 1. The van der Waals surface area contributed by atoms with Gasteiger partial charge in [-0.25, -0.2) is 0 Å². The second-order valence-electron chi connectivity index (χ2n) is 9.18. The Labute approximate surface area is 235 Å². The highest BCUT2D eigenvalue weighted by atomic mass is 32.1. The molecule has 9 heteroatoms. The number of aryl methyl sites for hydroxylation is 2. The van der Waals surface area contributed by atoms with Crippen LogP contribution in [-0.4, -0.2) is 33.6 Å². The molecular weight excluding hydrogens is 526 g/mol. The Morgan fingerprint density at radius 3 is 2.30 bits per heavy atom. The number of hydrogen-bond donors (Lipinski definition) is 1. The number of ether oxygens (including phenoxy) is 2. The Kier molecular flexibility index (Phi) is 7.75. The standard InChI is InChI=1S/C31H27N3O5S/c1-4-17-38-24-13-9-21(10-14-24)27-26(29(36)30(37)34(27)31-33-32-20(3)40-31)28(35)22-11-15-25(16-12-22)39-18-23-8-6-5-7-19(23)2/h4-16,27,35H,1,17-18H2,2-3H3/b28-26+. The molecule has 202 valence electrons. The smallest absolute Gasteiger partial charge is 0.301 e. The van der Waals surface area contributed by atoms with E-state index >= 15 is 0 Å². The summed E-state index contributed by atoms with van der Waals surface area (Å²) in [6.45, 7) is 8.18. The summed E-state index contributed by atoms with van der Waals surface area (Å²) < 4.78 is 11.5. The van der Waals surface area contributed by atoms with Crippen LogP contribution in [0.1, 0.15) is 33.3 Å². The van der Waals surface area contributed by atoms with Crippen LogP contribution in [0.25, 0.3) is 5.76 Å². The molecule has 1 amide bonds. The molecule has 3 aromatic carbocycles. The van der Waals surface area contributed by atoms with Crippen LogP contribution in [0.5, 0.6) is 11.5 Å². The van der Waals surface area contributed by atoms with Crippen LogP contribution in [0.2, 0.25) is 0 Å². The van der Waals surface area contributed by atoms with E-state index in [-0.39, 0.29) is 16.5 Å². The van der Waals surface area contributed by atoms with Gasteiger partial charge in [0, 0.05) is 5.56 Å². The fourth-order valence-corrected chi connectivity index (χ4v) is 5.14. The molecule has 0 radical (unpaired) electrons. The molecule has 4 aromatic rings. The number of hydrogen-bond acceptors (Lipinski definition) is 8. The molecule has 1 atom stereocenters. The van der Waals surface area contributed by atoms with E-state index in [4.69, 9.17) is 9.47 Å². The highest BCUT2D eigenvalue weighted by Crippen LogP contribution is 2.43. The van der Waals surface area contributed by atoms with E-state index in [9.17, 15) is 14.7 Å². The first-order valence-corrected chi connectivity index (χ1v) is 13.4. The summed E-state index contributed by atoms with van der Waals surface area (Å²) in [5.41, 5.74) is 3.16. The Bertz CT molecular complexity index is 1590. The van der Waals surface area contributed by atoms with Crippen molar-refractivity contribution in [3.05, 3.63) is 118 Å². The highest BCUT2D eigenvalue weighted by molar-refractivity contribution is 7.15. The number of aliphatic hydroxyl groups excluding tert-OH is 1. The van der Waals surface area contributed by atoms with Gasteiger partial charge in [-0.15, -0.1) is 10.2 Å². The lowest BCUT2D eigenvalue weighted by Crippen LogP contribution is -2.29. The normalized spacial score (nSPS) is 16.2. The summed E-state index contributed by atoms with van der Waals surface area (Å²) in [5.74, 6) is -0.662. The first-order chi connectivity index (χ1) is 19.4. The van der Waals surface area contributed by atoms with Gasteiger partial charge in [-0.1, -0.05) is 60.4 Å². The minimum atomic E-state index is -0.905. The molecule has 2 heterocycles. The average molecular weight is 554 g/mol. The largest absolute Gasteiger partial charge is 0.507 e. The van der Waals surface area contributed by atoms with Crippen molar-refractivity contribution in [3.63, 3.8) is 0 Å². The summed E-state index contributed by atoms with van der Waals surface area (Å²) in [6.07, 6.45) is 1.64. The van der Waals surface area contributed by atoms with Crippen molar-refractivity contribution >= 4 is 33.9 Å². The Morgan fingerprint density at radius 2 is 1.65 bits per heavy atom. The van der Waals surface area contributed by atoms with Crippen molar-refractivity contribution in [1.29, 1.82) is 0 Å². The first kappa shape index (κ1) is 26.8. The molecule has 1 aliphatic rings. The van der Waals surface area contributed by atoms with Crippen molar-refractivity contribution in [2.45, 2.75) is 26.5 Å². The third-order valence-electron chi connectivity index (χ3n) is 6.51. The van der Waals surface area contributed by atoms with E-state index in [1.54, 1.807) is 61.5 Å². The van der Waals surface area contributed by atoms with Crippen LogP contribution in [0.15, 0.2) is 91.0 Å². The maximum atomic E-state index is 13.3. The van der Waals surface area contributed by atoms with Gasteiger partial charge in [0.15, 0.2) is 0 Å². The number of Topliss-reactive ketones (excluding diaryl/α,β-unsaturated/α-hetero) is 1. The van der Waals surface area contributed by atoms with E-state index < -0.39 is 17.7 Å². The zero-order valence-electron chi connectivity index (χ0n) is 22.0. The summed E-state index contributed by atoms with van der Waals surface area (Å²) in [6, 6.07) is 20.8. The highest BCUT2D eigenvalue weighted by Gasteiger charge is 2.48. The van der Waals surface area contributed by atoms with E-state index in [0.717, 1.165) is 11.1 Å². The summed E-state index contributed by atoms with van der Waals surface area (Å²) in [4.78, 5) is 27.9. The maximum Gasteiger partial charge on any atom is 0.301 e. The van der Waals surface area contributed by atoms with Gasteiger partial charge in [0.2, 0.25) is 5.13 Å². The number of anilines is 1. The van der Waals surface area contributed by atoms with Crippen molar-refractivity contribution in [2.24, 2.45) is 0 Å². The van der Waals surface area contributed by atoms with Crippen LogP contribution in [-0.2, 0) is 16.2 Å². The lowest BCUT2D eigenvalue weighted by atomic mass is 9.95. The third kappa shape index (κ3) is 5.37. The number of carbonyl (C=O) groups is 2. The summed E-state index contributed by atoms with van der Waals surface area (Å²) in [7, 11) is 0. The fraction of sp³-hybridized carbons (Fsp3) is 0.161. The van der Waals surface area contributed by atoms with Crippen molar-refractivity contribution in [3.8, 4) is 11.5 Å². The number of aliphatic hydroxyl groups is 1. The predicted octanol–water partition coefficient (Wildman–Crippen LogP) is 5.93. The van der Waals surface area contributed by atoms with Crippen molar-refractivity contribution < 1.29 is 24.2 Å². The molecule has 0 aliphatic carbocycles. The second kappa shape index (κ2) is 11.5. The molecule has 0 spiro atoms. The van der Waals surface area contributed by atoms with Gasteiger partial charge in [0.1, 0.15) is 35.5 Å². The molecule has 1 saturated heterocycles. The second-order valence-corrected chi connectivity index (χ2v) is 10.3. The zero-order valence-corrected chi connectivity index (χ0v) is 22.9. The number of nitrogens with zero attached hydrogens (tertiary/aromatic N) is 3. The summed E-state index contributed by atoms with van der Waals surface area (Å²) in [5, 5.41) is 20.4. The Morgan fingerprint density at radius 1 is 0.975 bits per heavy atom. The lowest BCUT2D eigenvalue weighted by Gasteiger charge is -2.22. The van der Waals surface area contributed by atoms with Gasteiger partial charge in [0.25, 0.3) is 5.78 Å². The first-order valence-electron chi connectivity index (χ1n) is 12.6.